The van der Waals surface area contributed by atoms with E-state index in [1.165, 1.54) is 6.42 Å². The van der Waals surface area contributed by atoms with Crippen molar-refractivity contribution >= 4 is 10.9 Å². The van der Waals surface area contributed by atoms with Gasteiger partial charge in [-0.25, -0.2) is 4.68 Å². The van der Waals surface area contributed by atoms with E-state index in [0.717, 1.165) is 53.5 Å². The maximum atomic E-state index is 13.4. The first kappa shape index (κ1) is 20.6. The van der Waals surface area contributed by atoms with Gasteiger partial charge in [0, 0.05) is 10.9 Å². The molecule has 0 radical (unpaired) electrons. The van der Waals surface area contributed by atoms with Crippen LogP contribution in [0, 0.1) is 13.8 Å². The van der Waals surface area contributed by atoms with Gasteiger partial charge in [0.2, 0.25) is 0 Å². The number of nitrogens with zero attached hydrogens (tertiary/aromatic N) is 5. The number of aromatic amines is 1. The van der Waals surface area contributed by atoms with Gasteiger partial charge in [0.15, 0.2) is 5.82 Å². The van der Waals surface area contributed by atoms with E-state index in [-0.39, 0.29) is 11.6 Å². The van der Waals surface area contributed by atoms with Gasteiger partial charge >= 0.3 is 0 Å². The molecule has 7 nitrogen and oxygen atoms in total. The topological polar surface area (TPSA) is 79.7 Å². The summed E-state index contributed by atoms with van der Waals surface area (Å²) in [5.74, 6) is 0.714. The second kappa shape index (κ2) is 8.67. The highest BCUT2D eigenvalue weighted by atomic mass is 16.1. The molecule has 1 aliphatic heterocycles. The van der Waals surface area contributed by atoms with Crippen LogP contribution < -0.4 is 5.56 Å². The van der Waals surface area contributed by atoms with Crippen molar-refractivity contribution in [1.82, 2.24) is 30.1 Å². The van der Waals surface area contributed by atoms with E-state index in [1.807, 2.05) is 29.8 Å². The fourth-order valence-corrected chi connectivity index (χ4v) is 4.75. The maximum Gasteiger partial charge on any atom is 0.253 e. The van der Waals surface area contributed by atoms with Gasteiger partial charge in [-0.3, -0.25) is 9.69 Å². The van der Waals surface area contributed by atoms with Crippen molar-refractivity contribution in [3.8, 4) is 0 Å². The molecule has 2 aromatic carbocycles. The monoisotopic (exact) mass is 428 g/mol. The zero-order valence-corrected chi connectivity index (χ0v) is 18.6. The van der Waals surface area contributed by atoms with E-state index in [4.69, 9.17) is 0 Å². The number of likely N-dealkylation sites (tertiary alicyclic amines) is 1. The molecule has 1 N–H and O–H groups in total. The Labute approximate surface area is 187 Å². The minimum absolute atomic E-state index is 0.0731. The summed E-state index contributed by atoms with van der Waals surface area (Å²) in [6.45, 7) is 6.52. The number of tetrazole rings is 1. The molecule has 0 unspecified atom stereocenters. The quantitative estimate of drug-likeness (QED) is 0.524. The van der Waals surface area contributed by atoms with Gasteiger partial charge in [-0.05, 0) is 73.0 Å². The third-order valence-corrected chi connectivity index (χ3v) is 6.50. The minimum atomic E-state index is -0.290. The summed E-state index contributed by atoms with van der Waals surface area (Å²) in [4.78, 5) is 18.9. The molecule has 1 atom stereocenters. The molecule has 32 heavy (non-hydrogen) atoms. The van der Waals surface area contributed by atoms with Crippen LogP contribution in [0.25, 0.3) is 10.9 Å². The second-order valence-corrected chi connectivity index (χ2v) is 8.72. The molecule has 4 aromatic rings. The van der Waals surface area contributed by atoms with E-state index in [9.17, 15) is 4.79 Å². The van der Waals surface area contributed by atoms with E-state index in [2.05, 4.69) is 62.7 Å². The zero-order chi connectivity index (χ0) is 22.1. The summed E-state index contributed by atoms with van der Waals surface area (Å²) in [6, 6.07) is 16.1. The molecule has 0 amide bonds. The van der Waals surface area contributed by atoms with Crippen molar-refractivity contribution in [2.75, 3.05) is 13.1 Å². The van der Waals surface area contributed by atoms with Crippen LogP contribution in [0.4, 0.5) is 0 Å². The number of hydrogen-bond donors (Lipinski definition) is 1. The number of aromatic nitrogens is 5. The van der Waals surface area contributed by atoms with E-state index in [0.29, 0.717) is 17.9 Å². The summed E-state index contributed by atoms with van der Waals surface area (Å²) >= 11 is 0. The molecule has 0 bridgehead atoms. The Bertz CT molecular complexity index is 1290. The van der Waals surface area contributed by atoms with Crippen molar-refractivity contribution in [3.05, 3.63) is 87.0 Å². The predicted molar refractivity (Wildman–Crippen MR) is 125 cm³/mol. The standard InChI is InChI=1S/C25H28N6O/c1-17-11-12-18(2)22-20(17)15-21(25(32)26-22)23(30-13-7-4-8-14-30)24-27-28-29-31(24)16-19-9-5-3-6-10-19/h3,5-6,9-12,15,23H,4,7-8,13-14,16H2,1-2H3,(H,26,32)/t23-/m1/s1. The van der Waals surface area contributed by atoms with Crippen LogP contribution in [0.2, 0.25) is 0 Å². The minimum Gasteiger partial charge on any atom is -0.321 e. The molecule has 164 valence electrons. The highest BCUT2D eigenvalue weighted by molar-refractivity contribution is 5.85. The molecule has 2 aromatic heterocycles. The number of nitrogens with one attached hydrogen (secondary N) is 1. The maximum absolute atomic E-state index is 13.4. The first-order chi connectivity index (χ1) is 15.6. The van der Waals surface area contributed by atoms with Gasteiger partial charge in [0.05, 0.1) is 12.1 Å². The summed E-state index contributed by atoms with van der Waals surface area (Å²) in [5, 5.41) is 13.8. The molecule has 1 saturated heterocycles. The Hall–Kier alpha value is -3.32. The molecule has 0 aliphatic carbocycles. The fraction of sp³-hybridized carbons (Fsp3) is 0.360. The number of hydrogen-bond acceptors (Lipinski definition) is 5. The summed E-state index contributed by atoms with van der Waals surface area (Å²) < 4.78 is 1.83. The number of benzene rings is 2. The average molecular weight is 429 g/mol. The van der Waals surface area contributed by atoms with Gasteiger partial charge in [-0.15, -0.1) is 5.10 Å². The van der Waals surface area contributed by atoms with Crippen molar-refractivity contribution < 1.29 is 0 Å². The SMILES string of the molecule is Cc1ccc(C)c2[nH]c(=O)c([C@H](c3nnnn3Cc3ccccc3)N3CCCCC3)cc12. The van der Waals surface area contributed by atoms with Crippen LogP contribution in [0.5, 0.6) is 0 Å². The first-order valence-electron chi connectivity index (χ1n) is 11.3. The highest BCUT2D eigenvalue weighted by Crippen LogP contribution is 2.30. The van der Waals surface area contributed by atoms with Crippen LogP contribution in [-0.4, -0.2) is 43.2 Å². The molecular formula is C25H28N6O. The molecule has 7 heteroatoms. The van der Waals surface area contributed by atoms with E-state index >= 15 is 0 Å². The first-order valence-corrected chi connectivity index (χ1v) is 11.3. The van der Waals surface area contributed by atoms with Gasteiger partial charge in [-0.1, -0.05) is 48.9 Å². The predicted octanol–water partition coefficient (Wildman–Crippen LogP) is 3.76. The summed E-state index contributed by atoms with van der Waals surface area (Å²) in [7, 11) is 0. The van der Waals surface area contributed by atoms with Crippen molar-refractivity contribution in [3.63, 3.8) is 0 Å². The van der Waals surface area contributed by atoms with Crippen LogP contribution in [0.15, 0.2) is 53.3 Å². The van der Waals surface area contributed by atoms with Crippen LogP contribution in [0.3, 0.4) is 0 Å². The number of fused-ring (bicyclic) bond motifs is 1. The van der Waals surface area contributed by atoms with E-state index in [1.54, 1.807) is 0 Å². The smallest absolute Gasteiger partial charge is 0.253 e. The van der Waals surface area contributed by atoms with Crippen LogP contribution in [0.1, 0.15) is 53.4 Å². The molecule has 1 fully saturated rings. The Morgan fingerprint density at radius 3 is 2.53 bits per heavy atom. The Balaban J connectivity index is 1.65. The number of pyridine rings is 1. The lowest BCUT2D eigenvalue weighted by Crippen LogP contribution is -2.38. The highest BCUT2D eigenvalue weighted by Gasteiger charge is 2.31. The van der Waals surface area contributed by atoms with Gasteiger partial charge < -0.3 is 4.98 Å². The number of piperidine rings is 1. The molecule has 5 rings (SSSR count). The largest absolute Gasteiger partial charge is 0.321 e. The van der Waals surface area contributed by atoms with Crippen LogP contribution in [-0.2, 0) is 6.54 Å². The Morgan fingerprint density at radius 1 is 1.00 bits per heavy atom. The molecular weight excluding hydrogens is 400 g/mol. The van der Waals surface area contributed by atoms with Crippen molar-refractivity contribution in [2.24, 2.45) is 0 Å². The zero-order valence-electron chi connectivity index (χ0n) is 18.6. The molecule has 0 spiro atoms. The lowest BCUT2D eigenvalue weighted by atomic mass is 9.98. The summed E-state index contributed by atoms with van der Waals surface area (Å²) in [6.07, 6.45) is 3.44. The average Bonchev–Trinajstić information content (AvgIpc) is 3.26. The third-order valence-electron chi connectivity index (χ3n) is 6.50. The van der Waals surface area contributed by atoms with Gasteiger partial charge in [0.1, 0.15) is 6.04 Å². The summed E-state index contributed by atoms with van der Waals surface area (Å²) in [5.41, 5.74) is 4.87. The van der Waals surface area contributed by atoms with Crippen molar-refractivity contribution in [1.29, 1.82) is 0 Å². The molecule has 0 saturated carbocycles. The number of rotatable bonds is 5. The Kier molecular flexibility index (Phi) is 5.57. The van der Waals surface area contributed by atoms with Crippen LogP contribution >= 0.6 is 0 Å². The Morgan fingerprint density at radius 2 is 1.75 bits per heavy atom. The second-order valence-electron chi connectivity index (χ2n) is 8.72. The van der Waals surface area contributed by atoms with Crippen molar-refractivity contribution in [2.45, 2.75) is 45.7 Å². The van der Waals surface area contributed by atoms with E-state index < -0.39 is 0 Å². The fourth-order valence-electron chi connectivity index (χ4n) is 4.75. The molecule has 3 heterocycles. The van der Waals surface area contributed by atoms with Gasteiger partial charge in [-0.2, -0.15) is 0 Å². The lowest BCUT2D eigenvalue weighted by molar-refractivity contribution is 0.177. The van der Waals surface area contributed by atoms with Gasteiger partial charge in [0.25, 0.3) is 5.56 Å². The molecule has 1 aliphatic rings. The third kappa shape index (κ3) is 3.84. The number of aryl methyl sites for hydroxylation is 2. The number of H-pyrrole nitrogens is 1. The lowest BCUT2D eigenvalue weighted by Gasteiger charge is -2.33. The normalized spacial score (nSPS) is 15.8.